The highest BCUT2D eigenvalue weighted by molar-refractivity contribution is 5.94. The van der Waals surface area contributed by atoms with E-state index in [1.165, 1.54) is 7.05 Å². The number of likely N-dealkylation sites (N-methyl/N-ethyl adjacent to an activating group) is 1. The van der Waals surface area contributed by atoms with Crippen LogP contribution in [-0.4, -0.2) is 52.9 Å². The van der Waals surface area contributed by atoms with Gasteiger partial charge < -0.3 is 26.0 Å². The lowest BCUT2D eigenvalue weighted by molar-refractivity contribution is -0.142. The van der Waals surface area contributed by atoms with Gasteiger partial charge in [0.1, 0.15) is 17.7 Å². The van der Waals surface area contributed by atoms with Crippen LogP contribution in [0.5, 0.6) is 0 Å². The maximum atomic E-state index is 13.4. The van der Waals surface area contributed by atoms with Crippen LogP contribution in [0.15, 0.2) is 24.3 Å². The van der Waals surface area contributed by atoms with Crippen molar-refractivity contribution in [1.29, 1.82) is 0 Å². The molecule has 2 atom stereocenters. The SMILES string of the molecule is C#Cc1ccccc1C(C(=O)NC(C)(C)C)N(C)C(=O)C(CC(N)=O)NC(=O)OC(C)(C)C. The third-order valence-electron chi connectivity index (χ3n) is 4.29. The van der Waals surface area contributed by atoms with Gasteiger partial charge in [0.15, 0.2) is 0 Å². The van der Waals surface area contributed by atoms with Crippen molar-refractivity contribution < 1.29 is 23.9 Å². The van der Waals surface area contributed by atoms with Gasteiger partial charge in [-0.05, 0) is 53.2 Å². The van der Waals surface area contributed by atoms with Gasteiger partial charge in [-0.3, -0.25) is 14.4 Å². The van der Waals surface area contributed by atoms with Crippen molar-refractivity contribution in [2.75, 3.05) is 7.05 Å². The molecule has 0 aliphatic rings. The summed E-state index contributed by atoms with van der Waals surface area (Å²) in [7, 11) is 1.40. The smallest absolute Gasteiger partial charge is 0.408 e. The van der Waals surface area contributed by atoms with E-state index in [9.17, 15) is 19.2 Å². The van der Waals surface area contributed by atoms with E-state index in [2.05, 4.69) is 16.6 Å². The number of nitrogens with one attached hydrogen (secondary N) is 2. The topological polar surface area (TPSA) is 131 Å². The number of terminal acetylenes is 1. The molecule has 0 bridgehead atoms. The standard InChI is InChI=1S/C24H34N4O5/c1-9-15-12-10-11-13-16(15)19(20(30)27-23(2,3)4)28(8)21(31)17(14-18(25)29)26-22(32)33-24(5,6)7/h1,10-13,17,19H,14H2,2-8H3,(H2,25,29)(H,26,32)(H,27,30). The Hall–Kier alpha value is -3.54. The molecule has 2 unspecified atom stereocenters. The van der Waals surface area contributed by atoms with Gasteiger partial charge in [-0.2, -0.15) is 0 Å². The second-order valence-corrected chi connectivity index (χ2v) is 9.69. The van der Waals surface area contributed by atoms with Crippen LogP contribution < -0.4 is 16.4 Å². The predicted octanol–water partition coefficient (Wildman–Crippen LogP) is 1.85. The van der Waals surface area contributed by atoms with Gasteiger partial charge >= 0.3 is 6.09 Å². The molecule has 9 heteroatoms. The van der Waals surface area contributed by atoms with Gasteiger partial charge in [-0.15, -0.1) is 6.42 Å². The van der Waals surface area contributed by atoms with Gasteiger partial charge in [0.05, 0.1) is 6.42 Å². The molecular weight excluding hydrogens is 424 g/mol. The third kappa shape index (κ3) is 8.85. The van der Waals surface area contributed by atoms with Crippen molar-refractivity contribution >= 4 is 23.8 Å². The first kappa shape index (κ1) is 27.5. The first-order valence-electron chi connectivity index (χ1n) is 10.5. The third-order valence-corrected chi connectivity index (χ3v) is 4.29. The summed E-state index contributed by atoms with van der Waals surface area (Å²) < 4.78 is 5.20. The molecule has 4 N–H and O–H groups in total. The number of hydrogen-bond donors (Lipinski definition) is 3. The summed E-state index contributed by atoms with van der Waals surface area (Å²) in [6, 6.07) is 4.26. The minimum atomic E-state index is -1.34. The second kappa shape index (κ2) is 10.9. The van der Waals surface area contributed by atoms with E-state index in [1.807, 2.05) is 0 Å². The molecule has 0 aromatic heterocycles. The average Bonchev–Trinajstić information content (AvgIpc) is 2.64. The molecule has 0 radical (unpaired) electrons. The number of benzene rings is 1. The predicted molar refractivity (Wildman–Crippen MR) is 125 cm³/mol. The molecule has 33 heavy (non-hydrogen) atoms. The fraction of sp³-hybridized carbons (Fsp3) is 0.500. The van der Waals surface area contributed by atoms with Gasteiger partial charge in [0.2, 0.25) is 17.7 Å². The maximum absolute atomic E-state index is 13.4. The van der Waals surface area contributed by atoms with Crippen molar-refractivity contribution in [2.24, 2.45) is 5.73 Å². The maximum Gasteiger partial charge on any atom is 0.408 e. The van der Waals surface area contributed by atoms with Gasteiger partial charge in [0, 0.05) is 18.2 Å². The van der Waals surface area contributed by atoms with Gasteiger partial charge in [0.25, 0.3) is 0 Å². The summed E-state index contributed by atoms with van der Waals surface area (Å²) in [6.07, 6.45) is 4.25. The quantitative estimate of drug-likeness (QED) is 0.537. The van der Waals surface area contributed by atoms with E-state index in [1.54, 1.807) is 65.8 Å². The molecule has 1 rings (SSSR count). The first-order chi connectivity index (χ1) is 15.1. The van der Waals surface area contributed by atoms with E-state index in [0.29, 0.717) is 11.1 Å². The van der Waals surface area contributed by atoms with E-state index < -0.39 is 53.5 Å². The van der Waals surface area contributed by atoms with E-state index in [-0.39, 0.29) is 0 Å². The summed E-state index contributed by atoms with van der Waals surface area (Å²) in [5.41, 5.74) is 4.74. The summed E-state index contributed by atoms with van der Waals surface area (Å²) in [5.74, 6) is 0.534. The molecule has 0 fully saturated rings. The van der Waals surface area contributed by atoms with Crippen LogP contribution >= 0.6 is 0 Å². The molecule has 0 aliphatic carbocycles. The summed E-state index contributed by atoms with van der Waals surface area (Å²) in [6.45, 7) is 10.4. The number of hydrogen-bond acceptors (Lipinski definition) is 5. The lowest BCUT2D eigenvalue weighted by atomic mass is 9.96. The number of nitrogens with zero attached hydrogens (tertiary/aromatic N) is 1. The fourth-order valence-corrected chi connectivity index (χ4v) is 3.05. The summed E-state index contributed by atoms with van der Waals surface area (Å²) in [5, 5.41) is 5.23. The fourth-order valence-electron chi connectivity index (χ4n) is 3.05. The number of alkyl carbamates (subject to hydrolysis) is 1. The largest absolute Gasteiger partial charge is 0.444 e. The molecule has 1 aromatic rings. The second-order valence-electron chi connectivity index (χ2n) is 9.69. The lowest BCUT2D eigenvalue weighted by Crippen LogP contribution is -2.54. The van der Waals surface area contributed by atoms with Crippen molar-refractivity contribution in [2.45, 2.75) is 71.2 Å². The highest BCUT2D eigenvalue weighted by atomic mass is 16.6. The normalized spacial score (nSPS) is 13.2. The van der Waals surface area contributed by atoms with E-state index in [4.69, 9.17) is 16.9 Å². The summed E-state index contributed by atoms with van der Waals surface area (Å²) in [4.78, 5) is 51.7. The lowest BCUT2D eigenvalue weighted by Gasteiger charge is -2.33. The van der Waals surface area contributed by atoms with Crippen molar-refractivity contribution in [1.82, 2.24) is 15.5 Å². The number of rotatable bonds is 7. The molecule has 4 amide bonds. The number of nitrogens with two attached hydrogens (primary N) is 1. The zero-order chi connectivity index (χ0) is 25.6. The monoisotopic (exact) mass is 458 g/mol. The minimum Gasteiger partial charge on any atom is -0.444 e. The molecular formula is C24H34N4O5. The van der Waals surface area contributed by atoms with Crippen LogP contribution in [0, 0.1) is 12.3 Å². The molecule has 180 valence electrons. The number of ether oxygens (including phenoxy) is 1. The van der Waals surface area contributed by atoms with Crippen molar-refractivity contribution in [3.8, 4) is 12.3 Å². The van der Waals surface area contributed by atoms with Crippen LogP contribution in [0.4, 0.5) is 4.79 Å². The number of carbonyl (C=O) groups is 4. The first-order valence-corrected chi connectivity index (χ1v) is 10.5. The minimum absolute atomic E-state index is 0.424. The Morgan fingerprint density at radius 2 is 1.70 bits per heavy atom. The highest BCUT2D eigenvalue weighted by Crippen LogP contribution is 2.25. The Balaban J connectivity index is 3.39. The van der Waals surface area contributed by atoms with Crippen LogP contribution in [-0.2, 0) is 19.1 Å². The number of carbonyl (C=O) groups excluding carboxylic acids is 4. The van der Waals surface area contributed by atoms with E-state index in [0.717, 1.165) is 4.90 Å². The molecule has 1 aromatic carbocycles. The molecule has 9 nitrogen and oxygen atoms in total. The zero-order valence-electron chi connectivity index (χ0n) is 20.3. The van der Waals surface area contributed by atoms with Crippen LogP contribution in [0.1, 0.15) is 65.1 Å². The Morgan fingerprint density at radius 3 is 2.18 bits per heavy atom. The van der Waals surface area contributed by atoms with Crippen LogP contribution in [0.2, 0.25) is 0 Å². The Kier molecular flexibility index (Phi) is 9.05. The average molecular weight is 459 g/mol. The molecule has 0 heterocycles. The molecule has 0 saturated carbocycles. The van der Waals surface area contributed by atoms with E-state index >= 15 is 0 Å². The Morgan fingerprint density at radius 1 is 1.12 bits per heavy atom. The highest BCUT2D eigenvalue weighted by Gasteiger charge is 2.36. The summed E-state index contributed by atoms with van der Waals surface area (Å²) >= 11 is 0. The van der Waals surface area contributed by atoms with Gasteiger partial charge in [-0.25, -0.2) is 4.79 Å². The van der Waals surface area contributed by atoms with Crippen molar-refractivity contribution in [3.63, 3.8) is 0 Å². The van der Waals surface area contributed by atoms with Crippen LogP contribution in [0.25, 0.3) is 0 Å². The Bertz CT molecular complexity index is 937. The Labute approximate surface area is 195 Å². The molecule has 0 saturated heterocycles. The van der Waals surface area contributed by atoms with Gasteiger partial charge in [-0.1, -0.05) is 24.1 Å². The number of primary amides is 1. The van der Waals surface area contributed by atoms with Crippen molar-refractivity contribution in [3.05, 3.63) is 35.4 Å². The number of amides is 4. The molecule has 0 spiro atoms. The zero-order valence-corrected chi connectivity index (χ0v) is 20.3. The molecule has 0 aliphatic heterocycles. The van der Waals surface area contributed by atoms with Crippen LogP contribution in [0.3, 0.4) is 0 Å².